The molecule has 1 saturated carbocycles. The topological polar surface area (TPSA) is 75.4 Å². The summed E-state index contributed by atoms with van der Waals surface area (Å²) in [7, 11) is 0. The number of carbonyl (C=O) groups excluding carboxylic acids is 2. The van der Waals surface area contributed by atoms with E-state index < -0.39 is 0 Å². The van der Waals surface area contributed by atoms with Crippen molar-refractivity contribution >= 4 is 24.2 Å². The average Bonchev–Trinajstić information content (AvgIpc) is 3.30. The van der Waals surface area contributed by atoms with Gasteiger partial charge < -0.3 is 16.0 Å². The molecule has 5 nitrogen and oxygen atoms in total. The molecule has 3 N–H and O–H groups in total. The van der Waals surface area contributed by atoms with Crippen LogP contribution in [-0.4, -0.2) is 35.8 Å². The second-order valence-corrected chi connectivity index (χ2v) is 6.33. The molecule has 2 fully saturated rings. The van der Waals surface area contributed by atoms with Crippen molar-refractivity contribution in [2.45, 2.75) is 38.3 Å². The van der Waals surface area contributed by atoms with Gasteiger partial charge in [0.2, 0.25) is 5.91 Å². The Morgan fingerprint density at radius 2 is 2.17 bits per heavy atom. The third-order valence-electron chi connectivity index (χ3n) is 4.46. The number of likely N-dealkylation sites (tertiary alicyclic amines) is 1. The Bertz CT molecular complexity index is 575. The lowest BCUT2D eigenvalue weighted by Crippen LogP contribution is -2.38. The smallest absolute Gasteiger partial charge is 0.251 e. The fourth-order valence-electron chi connectivity index (χ4n) is 2.91. The van der Waals surface area contributed by atoms with Crippen LogP contribution in [0.3, 0.4) is 0 Å². The Kier molecular flexibility index (Phi) is 6.02. The fourth-order valence-corrected chi connectivity index (χ4v) is 2.91. The molecule has 1 aromatic rings. The van der Waals surface area contributed by atoms with E-state index in [9.17, 15) is 9.59 Å². The molecular weight excluding hydrogens is 314 g/mol. The summed E-state index contributed by atoms with van der Waals surface area (Å²) in [5.41, 5.74) is 7.63. The molecule has 23 heavy (non-hydrogen) atoms. The van der Waals surface area contributed by atoms with Crippen LogP contribution in [0, 0.1) is 5.92 Å². The summed E-state index contributed by atoms with van der Waals surface area (Å²) in [6.07, 6.45) is 3.92. The molecule has 0 aromatic heterocycles. The van der Waals surface area contributed by atoms with E-state index in [4.69, 9.17) is 5.73 Å². The molecule has 3 rings (SSSR count). The summed E-state index contributed by atoms with van der Waals surface area (Å²) in [4.78, 5) is 25.7. The number of benzene rings is 1. The maximum atomic E-state index is 12.2. The van der Waals surface area contributed by atoms with Gasteiger partial charge in [-0.25, -0.2) is 0 Å². The van der Waals surface area contributed by atoms with E-state index in [1.807, 2.05) is 23.1 Å². The molecule has 1 aliphatic carbocycles. The zero-order valence-corrected chi connectivity index (χ0v) is 14.0. The van der Waals surface area contributed by atoms with E-state index in [1.165, 1.54) is 12.8 Å². The Balaban J connectivity index is 0.00000192. The maximum Gasteiger partial charge on any atom is 0.251 e. The molecule has 0 radical (unpaired) electrons. The van der Waals surface area contributed by atoms with Gasteiger partial charge in [-0.3, -0.25) is 9.59 Å². The Hall–Kier alpha value is -1.59. The molecule has 0 spiro atoms. The zero-order chi connectivity index (χ0) is 15.5. The standard InChI is InChI=1S/C17H23N3O2.ClH/c18-15(13-6-7-13)10-19-17(22)14-4-1-3-12(9-14)11-20-8-2-5-16(20)21;/h1,3-4,9,13,15H,2,5-8,10-11,18H2,(H,19,22);1H. The predicted molar refractivity (Wildman–Crippen MR) is 91.4 cm³/mol. The van der Waals surface area contributed by atoms with Crippen molar-refractivity contribution in [3.8, 4) is 0 Å². The minimum Gasteiger partial charge on any atom is -0.350 e. The molecule has 1 unspecified atom stereocenters. The van der Waals surface area contributed by atoms with Gasteiger partial charge in [-0.05, 0) is 42.9 Å². The minimum atomic E-state index is -0.0919. The molecule has 1 heterocycles. The van der Waals surface area contributed by atoms with E-state index in [0.717, 1.165) is 18.5 Å². The Labute approximate surface area is 143 Å². The summed E-state index contributed by atoms with van der Waals surface area (Å²) in [6, 6.07) is 7.55. The number of nitrogens with two attached hydrogens (primary N) is 1. The molecule has 1 aromatic carbocycles. The van der Waals surface area contributed by atoms with E-state index in [-0.39, 0.29) is 30.3 Å². The quantitative estimate of drug-likeness (QED) is 0.829. The molecular formula is C17H24ClN3O2. The highest BCUT2D eigenvalue weighted by Gasteiger charge is 2.28. The van der Waals surface area contributed by atoms with Crippen molar-refractivity contribution in [1.82, 2.24) is 10.2 Å². The lowest BCUT2D eigenvalue weighted by atomic mass is 10.1. The van der Waals surface area contributed by atoms with Gasteiger partial charge in [0.1, 0.15) is 0 Å². The van der Waals surface area contributed by atoms with Gasteiger partial charge in [-0.2, -0.15) is 0 Å². The normalized spacial score (nSPS) is 18.5. The highest BCUT2D eigenvalue weighted by Crippen LogP contribution is 2.31. The predicted octanol–water partition coefficient (Wildman–Crippen LogP) is 1.70. The first-order chi connectivity index (χ1) is 10.6. The molecule has 126 valence electrons. The summed E-state index contributed by atoms with van der Waals surface area (Å²) >= 11 is 0. The Morgan fingerprint density at radius 1 is 1.39 bits per heavy atom. The van der Waals surface area contributed by atoms with Crippen molar-refractivity contribution in [3.63, 3.8) is 0 Å². The highest BCUT2D eigenvalue weighted by atomic mass is 35.5. The van der Waals surface area contributed by atoms with E-state index in [0.29, 0.717) is 31.0 Å². The van der Waals surface area contributed by atoms with Crippen LogP contribution in [0.25, 0.3) is 0 Å². The summed E-state index contributed by atoms with van der Waals surface area (Å²) in [6.45, 7) is 1.92. The first-order valence-corrected chi connectivity index (χ1v) is 8.04. The maximum absolute atomic E-state index is 12.2. The van der Waals surface area contributed by atoms with Gasteiger partial charge in [-0.1, -0.05) is 12.1 Å². The van der Waals surface area contributed by atoms with Crippen LogP contribution in [0.5, 0.6) is 0 Å². The number of hydrogen-bond donors (Lipinski definition) is 2. The number of halogens is 1. The van der Waals surface area contributed by atoms with Gasteiger partial charge in [0.15, 0.2) is 0 Å². The van der Waals surface area contributed by atoms with Crippen LogP contribution in [-0.2, 0) is 11.3 Å². The van der Waals surface area contributed by atoms with E-state index >= 15 is 0 Å². The number of hydrogen-bond acceptors (Lipinski definition) is 3. The molecule has 1 aliphatic heterocycles. The van der Waals surface area contributed by atoms with E-state index in [2.05, 4.69) is 5.32 Å². The minimum absolute atomic E-state index is 0. The average molecular weight is 338 g/mol. The zero-order valence-electron chi connectivity index (χ0n) is 13.2. The van der Waals surface area contributed by atoms with Crippen molar-refractivity contribution in [2.75, 3.05) is 13.1 Å². The second-order valence-electron chi connectivity index (χ2n) is 6.33. The van der Waals surface area contributed by atoms with Gasteiger partial charge in [0.25, 0.3) is 5.91 Å². The Morgan fingerprint density at radius 3 is 2.83 bits per heavy atom. The number of carbonyl (C=O) groups is 2. The summed E-state index contributed by atoms with van der Waals surface area (Å²) in [5.74, 6) is 0.684. The van der Waals surface area contributed by atoms with Gasteiger partial charge in [0.05, 0.1) is 0 Å². The van der Waals surface area contributed by atoms with Crippen LogP contribution in [0.15, 0.2) is 24.3 Å². The number of nitrogens with zero attached hydrogens (tertiary/aromatic N) is 1. The second kappa shape index (κ2) is 7.79. The molecule has 2 amide bonds. The van der Waals surface area contributed by atoms with Crippen molar-refractivity contribution in [3.05, 3.63) is 35.4 Å². The van der Waals surface area contributed by atoms with Crippen LogP contribution in [0.4, 0.5) is 0 Å². The van der Waals surface area contributed by atoms with Gasteiger partial charge >= 0.3 is 0 Å². The van der Waals surface area contributed by atoms with Crippen LogP contribution < -0.4 is 11.1 Å². The van der Waals surface area contributed by atoms with Crippen LogP contribution >= 0.6 is 12.4 Å². The third-order valence-corrected chi connectivity index (χ3v) is 4.46. The monoisotopic (exact) mass is 337 g/mol. The molecule has 1 atom stereocenters. The van der Waals surface area contributed by atoms with Gasteiger partial charge in [0, 0.05) is 37.7 Å². The first-order valence-electron chi connectivity index (χ1n) is 8.04. The van der Waals surface area contributed by atoms with Crippen molar-refractivity contribution in [1.29, 1.82) is 0 Å². The highest BCUT2D eigenvalue weighted by molar-refractivity contribution is 5.94. The first kappa shape index (κ1) is 17.8. The SMILES string of the molecule is Cl.NC(CNC(=O)c1cccc(CN2CCCC2=O)c1)C1CC1. The summed E-state index contributed by atoms with van der Waals surface area (Å²) in [5, 5.41) is 2.91. The van der Waals surface area contributed by atoms with E-state index in [1.54, 1.807) is 6.07 Å². The molecule has 6 heteroatoms. The largest absolute Gasteiger partial charge is 0.350 e. The van der Waals surface area contributed by atoms with Crippen LogP contribution in [0.1, 0.15) is 41.6 Å². The lowest BCUT2D eigenvalue weighted by molar-refractivity contribution is -0.128. The lowest BCUT2D eigenvalue weighted by Gasteiger charge is -2.16. The van der Waals surface area contributed by atoms with Crippen LogP contribution in [0.2, 0.25) is 0 Å². The number of rotatable bonds is 6. The fraction of sp³-hybridized carbons (Fsp3) is 0.529. The van der Waals surface area contributed by atoms with Crippen molar-refractivity contribution < 1.29 is 9.59 Å². The molecule has 1 saturated heterocycles. The van der Waals surface area contributed by atoms with Gasteiger partial charge in [-0.15, -0.1) is 12.4 Å². The number of nitrogens with one attached hydrogen (secondary N) is 1. The molecule has 2 aliphatic rings. The number of amides is 2. The third kappa shape index (κ3) is 4.69. The summed E-state index contributed by atoms with van der Waals surface area (Å²) < 4.78 is 0. The van der Waals surface area contributed by atoms with Crippen molar-refractivity contribution in [2.24, 2.45) is 11.7 Å². The molecule has 0 bridgehead atoms.